The third kappa shape index (κ3) is 2.21. The van der Waals surface area contributed by atoms with E-state index in [-0.39, 0.29) is 23.1 Å². The monoisotopic (exact) mass is 265 g/mol. The minimum Gasteiger partial charge on any atom is -0.475 e. The molecule has 1 aromatic carbocycles. The van der Waals surface area contributed by atoms with Crippen molar-refractivity contribution in [1.29, 1.82) is 0 Å². The highest BCUT2D eigenvalue weighted by Gasteiger charge is 2.33. The quantitative estimate of drug-likeness (QED) is 0.925. The Morgan fingerprint density at radius 2 is 1.89 bits per heavy atom. The number of nitrogens with zero attached hydrogens (tertiary/aromatic N) is 1. The molecule has 6 heteroatoms. The molecule has 0 spiro atoms. The Hall–Kier alpha value is -2.24. The van der Waals surface area contributed by atoms with Gasteiger partial charge in [0.25, 0.3) is 0 Å². The zero-order valence-corrected chi connectivity index (χ0v) is 9.69. The SMILES string of the molecule is O=C(O)c1oc(-c2cc(F)cc(F)c2)nc1C1CC1. The van der Waals surface area contributed by atoms with Gasteiger partial charge in [-0.1, -0.05) is 0 Å². The fourth-order valence-corrected chi connectivity index (χ4v) is 1.92. The molecular formula is C13H9F2NO3. The van der Waals surface area contributed by atoms with E-state index < -0.39 is 17.6 Å². The molecule has 1 N–H and O–H groups in total. The number of carboxylic acids is 1. The van der Waals surface area contributed by atoms with Gasteiger partial charge in [-0.05, 0) is 25.0 Å². The second kappa shape index (κ2) is 4.15. The third-order valence-electron chi connectivity index (χ3n) is 2.92. The summed E-state index contributed by atoms with van der Waals surface area (Å²) in [5.41, 5.74) is 0.444. The topological polar surface area (TPSA) is 63.3 Å². The molecule has 0 radical (unpaired) electrons. The summed E-state index contributed by atoms with van der Waals surface area (Å²) < 4.78 is 31.4. The predicted molar refractivity (Wildman–Crippen MR) is 60.8 cm³/mol. The molecule has 0 atom stereocenters. The number of rotatable bonds is 3. The first-order valence-corrected chi connectivity index (χ1v) is 5.75. The van der Waals surface area contributed by atoms with Crippen LogP contribution in [0.25, 0.3) is 11.5 Å². The number of aromatic carboxylic acids is 1. The van der Waals surface area contributed by atoms with Crippen molar-refractivity contribution in [3.05, 3.63) is 41.3 Å². The summed E-state index contributed by atoms with van der Waals surface area (Å²) in [5.74, 6) is -3.00. The van der Waals surface area contributed by atoms with E-state index in [9.17, 15) is 13.6 Å². The Kier molecular flexibility index (Phi) is 2.58. The highest BCUT2D eigenvalue weighted by atomic mass is 19.1. The number of benzene rings is 1. The van der Waals surface area contributed by atoms with Crippen LogP contribution >= 0.6 is 0 Å². The van der Waals surface area contributed by atoms with Gasteiger partial charge in [0.15, 0.2) is 0 Å². The van der Waals surface area contributed by atoms with E-state index in [1.165, 1.54) is 0 Å². The smallest absolute Gasteiger partial charge is 0.373 e. The van der Waals surface area contributed by atoms with E-state index in [1.807, 2.05) is 0 Å². The lowest BCUT2D eigenvalue weighted by atomic mass is 10.2. The van der Waals surface area contributed by atoms with E-state index in [4.69, 9.17) is 9.52 Å². The molecule has 98 valence electrons. The lowest BCUT2D eigenvalue weighted by Gasteiger charge is -1.96. The van der Waals surface area contributed by atoms with Crippen LogP contribution in [-0.2, 0) is 0 Å². The first-order chi connectivity index (χ1) is 9.04. The first-order valence-electron chi connectivity index (χ1n) is 5.75. The molecule has 1 aromatic heterocycles. The number of hydrogen-bond acceptors (Lipinski definition) is 3. The standard InChI is InChI=1S/C13H9F2NO3/c14-8-3-7(4-9(15)5-8)12-16-10(6-1-2-6)11(19-12)13(17)18/h3-6H,1-2H2,(H,17,18). The molecule has 0 bridgehead atoms. The van der Waals surface area contributed by atoms with E-state index in [0.717, 1.165) is 31.0 Å². The predicted octanol–water partition coefficient (Wildman–Crippen LogP) is 3.20. The van der Waals surface area contributed by atoms with Gasteiger partial charge in [0.2, 0.25) is 11.7 Å². The summed E-state index contributed by atoms with van der Waals surface area (Å²) in [5, 5.41) is 9.03. The Morgan fingerprint density at radius 3 is 2.42 bits per heavy atom. The van der Waals surface area contributed by atoms with Gasteiger partial charge in [-0.3, -0.25) is 0 Å². The van der Waals surface area contributed by atoms with Gasteiger partial charge in [0.1, 0.15) is 11.6 Å². The summed E-state index contributed by atoms with van der Waals surface area (Å²) in [6.45, 7) is 0. The fourth-order valence-electron chi connectivity index (χ4n) is 1.92. The Labute approximate surface area is 106 Å². The van der Waals surface area contributed by atoms with Crippen LogP contribution in [0.3, 0.4) is 0 Å². The van der Waals surface area contributed by atoms with E-state index in [0.29, 0.717) is 5.69 Å². The lowest BCUT2D eigenvalue weighted by Crippen LogP contribution is -1.98. The van der Waals surface area contributed by atoms with Crippen molar-refractivity contribution in [3.8, 4) is 11.5 Å². The average Bonchev–Trinajstić information content (AvgIpc) is 3.06. The number of carbonyl (C=O) groups is 1. The van der Waals surface area contributed by atoms with Gasteiger partial charge in [-0.2, -0.15) is 0 Å². The maximum atomic E-state index is 13.1. The molecule has 2 aromatic rings. The van der Waals surface area contributed by atoms with Crippen molar-refractivity contribution >= 4 is 5.97 Å². The van der Waals surface area contributed by atoms with Crippen LogP contribution in [0.5, 0.6) is 0 Å². The number of aromatic nitrogens is 1. The number of hydrogen-bond donors (Lipinski definition) is 1. The zero-order valence-electron chi connectivity index (χ0n) is 9.69. The average molecular weight is 265 g/mol. The number of halogens is 2. The molecule has 3 rings (SSSR count). The van der Waals surface area contributed by atoms with Gasteiger partial charge in [0.05, 0.1) is 5.69 Å². The summed E-state index contributed by atoms with van der Waals surface area (Å²) >= 11 is 0. The highest BCUT2D eigenvalue weighted by Crippen LogP contribution is 2.42. The Bertz CT molecular complexity index is 642. The maximum Gasteiger partial charge on any atom is 0.373 e. The minimum atomic E-state index is -1.22. The van der Waals surface area contributed by atoms with Crippen LogP contribution in [-0.4, -0.2) is 16.1 Å². The van der Waals surface area contributed by atoms with Crippen LogP contribution in [0.1, 0.15) is 35.0 Å². The summed E-state index contributed by atoms with van der Waals surface area (Å²) in [7, 11) is 0. The van der Waals surface area contributed by atoms with Crippen LogP contribution in [0.2, 0.25) is 0 Å². The maximum absolute atomic E-state index is 13.1. The van der Waals surface area contributed by atoms with Crippen LogP contribution < -0.4 is 0 Å². The normalized spacial score (nSPS) is 14.6. The van der Waals surface area contributed by atoms with Crippen molar-refractivity contribution in [2.45, 2.75) is 18.8 Å². The van der Waals surface area contributed by atoms with Crippen molar-refractivity contribution in [1.82, 2.24) is 4.98 Å². The van der Waals surface area contributed by atoms with Crippen LogP contribution in [0.15, 0.2) is 22.6 Å². The van der Waals surface area contributed by atoms with Gasteiger partial charge >= 0.3 is 5.97 Å². The molecular weight excluding hydrogens is 256 g/mol. The lowest BCUT2D eigenvalue weighted by molar-refractivity contribution is 0.0661. The van der Waals surface area contributed by atoms with Gasteiger partial charge < -0.3 is 9.52 Å². The Morgan fingerprint density at radius 1 is 1.26 bits per heavy atom. The third-order valence-corrected chi connectivity index (χ3v) is 2.92. The largest absolute Gasteiger partial charge is 0.475 e. The molecule has 0 aliphatic heterocycles. The summed E-state index contributed by atoms with van der Waals surface area (Å²) in [6, 6.07) is 2.83. The molecule has 1 fully saturated rings. The second-order valence-electron chi connectivity index (χ2n) is 4.47. The summed E-state index contributed by atoms with van der Waals surface area (Å²) in [6.07, 6.45) is 1.70. The van der Waals surface area contributed by atoms with Crippen LogP contribution in [0.4, 0.5) is 8.78 Å². The van der Waals surface area contributed by atoms with Gasteiger partial charge in [-0.25, -0.2) is 18.6 Å². The molecule has 1 saturated carbocycles. The van der Waals surface area contributed by atoms with E-state index >= 15 is 0 Å². The van der Waals surface area contributed by atoms with Crippen molar-refractivity contribution in [2.24, 2.45) is 0 Å². The van der Waals surface area contributed by atoms with Crippen molar-refractivity contribution in [2.75, 3.05) is 0 Å². The number of oxazole rings is 1. The molecule has 1 heterocycles. The fraction of sp³-hybridized carbons (Fsp3) is 0.231. The number of carboxylic acid groups (broad SMARTS) is 1. The zero-order chi connectivity index (χ0) is 13.6. The molecule has 19 heavy (non-hydrogen) atoms. The van der Waals surface area contributed by atoms with E-state index in [1.54, 1.807) is 0 Å². The van der Waals surface area contributed by atoms with E-state index in [2.05, 4.69) is 4.98 Å². The van der Waals surface area contributed by atoms with Crippen molar-refractivity contribution < 1.29 is 23.1 Å². The van der Waals surface area contributed by atoms with Gasteiger partial charge in [0, 0.05) is 17.5 Å². The van der Waals surface area contributed by atoms with Crippen molar-refractivity contribution in [3.63, 3.8) is 0 Å². The molecule has 4 nitrogen and oxygen atoms in total. The van der Waals surface area contributed by atoms with Gasteiger partial charge in [-0.15, -0.1) is 0 Å². The molecule has 1 aliphatic rings. The second-order valence-corrected chi connectivity index (χ2v) is 4.47. The van der Waals surface area contributed by atoms with Crippen LogP contribution in [0, 0.1) is 11.6 Å². The molecule has 1 aliphatic carbocycles. The molecule has 0 saturated heterocycles. The summed E-state index contributed by atoms with van der Waals surface area (Å²) in [4.78, 5) is 15.1. The Balaban J connectivity index is 2.09. The minimum absolute atomic E-state index is 0.0713. The highest BCUT2D eigenvalue weighted by molar-refractivity contribution is 5.86. The first kappa shape index (κ1) is 11.8. The molecule has 0 unspecified atom stereocenters. The molecule has 0 amide bonds.